The molecular weight excluding hydrogens is 194 g/mol. The molecule has 0 bridgehead atoms. The molecule has 4 nitrogen and oxygen atoms in total. The van der Waals surface area contributed by atoms with Gasteiger partial charge in [0, 0.05) is 12.5 Å². The van der Waals surface area contributed by atoms with Gasteiger partial charge in [-0.2, -0.15) is 0 Å². The number of aromatic hydroxyl groups is 1. The van der Waals surface area contributed by atoms with Gasteiger partial charge in [0.1, 0.15) is 5.75 Å². The van der Waals surface area contributed by atoms with E-state index < -0.39 is 5.97 Å². The molecule has 82 valence electrons. The number of hydrogen-bond donors (Lipinski definition) is 3. The molecule has 0 aliphatic carbocycles. The lowest BCUT2D eigenvalue weighted by atomic mass is 10.0. The Kier molecular flexibility index (Phi) is 3.68. The fourth-order valence-electron chi connectivity index (χ4n) is 1.45. The van der Waals surface area contributed by atoms with Crippen molar-refractivity contribution in [1.82, 2.24) is 0 Å². The standard InChI is InChI=1S/C11H15NO3/c1-7-4-8(6-9(13)5-7)10(12)2-3-11(14)15/h4-6,10,13H,2-3,12H2,1H3,(H,14,15). The average Bonchev–Trinajstić information content (AvgIpc) is 2.12. The molecule has 1 atom stereocenters. The van der Waals surface area contributed by atoms with E-state index in [1.54, 1.807) is 12.1 Å². The number of nitrogens with two attached hydrogens (primary N) is 1. The number of phenols is 1. The normalized spacial score (nSPS) is 12.4. The number of carbonyl (C=O) groups is 1. The zero-order valence-corrected chi connectivity index (χ0v) is 8.60. The van der Waals surface area contributed by atoms with Crippen LogP contribution in [-0.2, 0) is 4.79 Å². The van der Waals surface area contributed by atoms with Gasteiger partial charge >= 0.3 is 5.97 Å². The highest BCUT2D eigenvalue weighted by Gasteiger charge is 2.09. The van der Waals surface area contributed by atoms with E-state index in [1.165, 1.54) is 0 Å². The van der Waals surface area contributed by atoms with Crippen LogP contribution in [0.2, 0.25) is 0 Å². The summed E-state index contributed by atoms with van der Waals surface area (Å²) in [6.45, 7) is 1.85. The van der Waals surface area contributed by atoms with Crippen molar-refractivity contribution < 1.29 is 15.0 Å². The second kappa shape index (κ2) is 4.79. The smallest absolute Gasteiger partial charge is 0.303 e. The molecule has 0 saturated carbocycles. The Hall–Kier alpha value is -1.55. The number of phenolic OH excluding ortho intramolecular Hbond substituents is 1. The van der Waals surface area contributed by atoms with E-state index in [2.05, 4.69) is 0 Å². The van der Waals surface area contributed by atoms with E-state index in [9.17, 15) is 9.90 Å². The van der Waals surface area contributed by atoms with E-state index in [1.807, 2.05) is 13.0 Å². The van der Waals surface area contributed by atoms with Crippen molar-refractivity contribution in [3.8, 4) is 5.75 Å². The number of benzene rings is 1. The van der Waals surface area contributed by atoms with Crippen LogP contribution in [0.3, 0.4) is 0 Å². The molecule has 1 unspecified atom stereocenters. The molecule has 0 radical (unpaired) electrons. The fourth-order valence-corrected chi connectivity index (χ4v) is 1.45. The van der Waals surface area contributed by atoms with Gasteiger partial charge in [-0.3, -0.25) is 4.79 Å². The summed E-state index contributed by atoms with van der Waals surface area (Å²) < 4.78 is 0. The minimum Gasteiger partial charge on any atom is -0.508 e. The van der Waals surface area contributed by atoms with Gasteiger partial charge in [0.05, 0.1) is 0 Å². The highest BCUT2D eigenvalue weighted by molar-refractivity contribution is 5.66. The monoisotopic (exact) mass is 209 g/mol. The van der Waals surface area contributed by atoms with Gasteiger partial charge in [-0.25, -0.2) is 0 Å². The summed E-state index contributed by atoms with van der Waals surface area (Å²) in [6.07, 6.45) is 0.411. The molecule has 0 aliphatic heterocycles. The topological polar surface area (TPSA) is 83.5 Å². The van der Waals surface area contributed by atoms with Crippen LogP contribution in [0.4, 0.5) is 0 Å². The maximum Gasteiger partial charge on any atom is 0.303 e. The van der Waals surface area contributed by atoms with E-state index >= 15 is 0 Å². The molecule has 0 saturated heterocycles. The lowest BCUT2D eigenvalue weighted by Crippen LogP contribution is -2.12. The molecular formula is C11H15NO3. The number of aliphatic carboxylic acids is 1. The van der Waals surface area contributed by atoms with Crippen molar-refractivity contribution >= 4 is 5.97 Å². The van der Waals surface area contributed by atoms with E-state index in [-0.39, 0.29) is 18.2 Å². The number of rotatable bonds is 4. The first-order chi connectivity index (χ1) is 6.99. The molecule has 4 N–H and O–H groups in total. The first-order valence-corrected chi connectivity index (χ1v) is 4.77. The molecule has 0 aromatic heterocycles. The van der Waals surface area contributed by atoms with Crippen molar-refractivity contribution in [2.75, 3.05) is 0 Å². The molecule has 0 aliphatic rings. The SMILES string of the molecule is Cc1cc(O)cc(C(N)CCC(=O)O)c1. The van der Waals surface area contributed by atoms with Crippen LogP contribution >= 0.6 is 0 Å². The summed E-state index contributed by atoms with van der Waals surface area (Å²) in [7, 11) is 0. The maximum absolute atomic E-state index is 10.4. The third-order valence-electron chi connectivity index (χ3n) is 2.18. The molecule has 1 rings (SSSR count). The lowest BCUT2D eigenvalue weighted by Gasteiger charge is -2.11. The fraction of sp³-hybridized carbons (Fsp3) is 0.364. The summed E-state index contributed by atoms with van der Waals surface area (Å²) in [5, 5.41) is 17.9. The van der Waals surface area contributed by atoms with Crippen molar-refractivity contribution in [3.63, 3.8) is 0 Å². The third kappa shape index (κ3) is 3.59. The zero-order chi connectivity index (χ0) is 11.4. The van der Waals surface area contributed by atoms with Crippen LogP contribution in [0.15, 0.2) is 18.2 Å². The molecule has 0 amide bonds. The first kappa shape index (κ1) is 11.5. The molecule has 0 spiro atoms. The minimum absolute atomic E-state index is 0.0376. The quantitative estimate of drug-likeness (QED) is 0.702. The summed E-state index contributed by atoms with van der Waals surface area (Å²) in [5.74, 6) is -0.696. The number of carboxylic acid groups (broad SMARTS) is 1. The Balaban J connectivity index is 2.72. The molecule has 4 heteroatoms. The number of carboxylic acids is 1. The first-order valence-electron chi connectivity index (χ1n) is 4.77. The van der Waals surface area contributed by atoms with Gasteiger partial charge in [0.15, 0.2) is 0 Å². The van der Waals surface area contributed by atoms with Gasteiger partial charge in [-0.15, -0.1) is 0 Å². The van der Waals surface area contributed by atoms with E-state index in [0.29, 0.717) is 6.42 Å². The third-order valence-corrected chi connectivity index (χ3v) is 2.18. The van der Waals surface area contributed by atoms with Gasteiger partial charge in [0.25, 0.3) is 0 Å². The predicted molar refractivity (Wildman–Crippen MR) is 56.6 cm³/mol. The molecule has 1 aromatic rings. The maximum atomic E-state index is 10.4. The van der Waals surface area contributed by atoms with Crippen molar-refractivity contribution in [3.05, 3.63) is 29.3 Å². The molecule has 15 heavy (non-hydrogen) atoms. The van der Waals surface area contributed by atoms with Gasteiger partial charge < -0.3 is 15.9 Å². The van der Waals surface area contributed by atoms with Gasteiger partial charge in [-0.05, 0) is 36.6 Å². The molecule has 0 fully saturated rings. The Morgan fingerprint density at radius 2 is 2.13 bits per heavy atom. The molecule has 1 aromatic carbocycles. The Bertz CT molecular complexity index is 343. The summed E-state index contributed by atoms with van der Waals surface area (Å²) in [4.78, 5) is 10.4. The zero-order valence-electron chi connectivity index (χ0n) is 8.60. The van der Waals surface area contributed by atoms with Gasteiger partial charge in [-0.1, -0.05) is 6.07 Å². The van der Waals surface area contributed by atoms with E-state index in [0.717, 1.165) is 11.1 Å². The van der Waals surface area contributed by atoms with Crippen molar-refractivity contribution in [1.29, 1.82) is 0 Å². The van der Waals surface area contributed by atoms with Gasteiger partial charge in [0.2, 0.25) is 0 Å². The van der Waals surface area contributed by atoms with E-state index in [4.69, 9.17) is 10.8 Å². The second-order valence-corrected chi connectivity index (χ2v) is 3.64. The predicted octanol–water partition coefficient (Wildman–Crippen LogP) is 1.57. The molecule has 0 heterocycles. The van der Waals surface area contributed by atoms with Crippen LogP contribution < -0.4 is 5.73 Å². The van der Waals surface area contributed by atoms with Crippen LogP contribution in [-0.4, -0.2) is 16.2 Å². The number of aryl methyl sites for hydroxylation is 1. The largest absolute Gasteiger partial charge is 0.508 e. The summed E-state index contributed by atoms with van der Waals surface area (Å²) in [6, 6.07) is 4.71. The van der Waals surface area contributed by atoms with Crippen LogP contribution in [0.25, 0.3) is 0 Å². The Labute approximate surface area is 88.3 Å². The van der Waals surface area contributed by atoms with Crippen molar-refractivity contribution in [2.24, 2.45) is 5.73 Å². The highest BCUT2D eigenvalue weighted by Crippen LogP contribution is 2.22. The average molecular weight is 209 g/mol. The van der Waals surface area contributed by atoms with Crippen molar-refractivity contribution in [2.45, 2.75) is 25.8 Å². The number of hydrogen-bond acceptors (Lipinski definition) is 3. The van der Waals surface area contributed by atoms with Crippen LogP contribution in [0, 0.1) is 6.92 Å². The lowest BCUT2D eigenvalue weighted by molar-refractivity contribution is -0.137. The summed E-state index contributed by atoms with van der Waals surface area (Å²) in [5.41, 5.74) is 7.49. The minimum atomic E-state index is -0.859. The van der Waals surface area contributed by atoms with Crippen LogP contribution in [0.1, 0.15) is 30.0 Å². The van der Waals surface area contributed by atoms with Crippen LogP contribution in [0.5, 0.6) is 5.75 Å². The Morgan fingerprint density at radius 1 is 1.47 bits per heavy atom. The Morgan fingerprint density at radius 3 is 2.67 bits per heavy atom. The second-order valence-electron chi connectivity index (χ2n) is 3.64. The summed E-state index contributed by atoms with van der Waals surface area (Å²) >= 11 is 0. The highest BCUT2D eigenvalue weighted by atomic mass is 16.4.